The highest BCUT2D eigenvalue weighted by atomic mass is 28.4. The van der Waals surface area contributed by atoms with E-state index in [0.717, 1.165) is 12.7 Å². The summed E-state index contributed by atoms with van der Waals surface area (Å²) in [4.78, 5) is 10.3. The van der Waals surface area contributed by atoms with Gasteiger partial charge in [-0.15, -0.1) is 0 Å². The number of rotatable bonds is 5. The molecule has 0 radical (unpaired) electrons. The maximum Gasteiger partial charge on any atom is 0.192 e. The Bertz CT molecular complexity index is 226. The van der Waals surface area contributed by atoms with Crippen molar-refractivity contribution in [2.45, 2.75) is 58.4 Å². The van der Waals surface area contributed by atoms with Crippen molar-refractivity contribution in [3.8, 4) is 0 Å². The van der Waals surface area contributed by atoms with Crippen LogP contribution in [0.2, 0.25) is 18.1 Å². The molecule has 2 nitrogen and oxygen atoms in total. The largest absolute Gasteiger partial charge is 0.411 e. The van der Waals surface area contributed by atoms with Crippen molar-refractivity contribution in [3.63, 3.8) is 0 Å². The van der Waals surface area contributed by atoms with Crippen molar-refractivity contribution in [3.05, 3.63) is 12.2 Å². The summed E-state index contributed by atoms with van der Waals surface area (Å²) in [5.74, 6) is 0. The average molecular weight is 228 g/mol. The molecule has 0 aromatic heterocycles. The Morgan fingerprint density at radius 2 is 1.87 bits per heavy atom. The highest BCUT2D eigenvalue weighted by Gasteiger charge is 2.38. The van der Waals surface area contributed by atoms with Crippen LogP contribution in [-0.2, 0) is 9.22 Å². The van der Waals surface area contributed by atoms with E-state index < -0.39 is 8.32 Å². The van der Waals surface area contributed by atoms with E-state index >= 15 is 0 Å². The summed E-state index contributed by atoms with van der Waals surface area (Å²) in [5, 5.41) is 0.218. The molecule has 0 saturated carbocycles. The zero-order chi connectivity index (χ0) is 12.1. The molecule has 0 bridgehead atoms. The Balaban J connectivity index is 4.53. The van der Waals surface area contributed by atoms with Gasteiger partial charge >= 0.3 is 0 Å². The van der Waals surface area contributed by atoms with Crippen LogP contribution in [0.3, 0.4) is 0 Å². The van der Waals surface area contributed by atoms with E-state index in [4.69, 9.17) is 4.43 Å². The zero-order valence-electron chi connectivity index (χ0n) is 10.8. The van der Waals surface area contributed by atoms with Crippen molar-refractivity contribution in [1.82, 2.24) is 0 Å². The molecular weight excluding hydrogens is 204 g/mol. The molecule has 1 atom stereocenters. The lowest BCUT2D eigenvalue weighted by Crippen LogP contribution is -2.43. The summed E-state index contributed by atoms with van der Waals surface area (Å²) < 4.78 is 6.15. The molecule has 0 aliphatic carbocycles. The Morgan fingerprint density at radius 1 is 1.33 bits per heavy atom. The zero-order valence-corrected chi connectivity index (χ0v) is 11.8. The number of carbonyl (C=O) groups is 1. The number of aldehydes is 1. The van der Waals surface area contributed by atoms with Crippen molar-refractivity contribution in [2.24, 2.45) is 0 Å². The van der Waals surface area contributed by atoms with Gasteiger partial charge in [-0.3, -0.25) is 4.79 Å². The van der Waals surface area contributed by atoms with Crippen LogP contribution in [0.5, 0.6) is 0 Å². The number of carbonyl (C=O) groups excluding carboxylic acids is 1. The van der Waals surface area contributed by atoms with Gasteiger partial charge in [0.25, 0.3) is 0 Å². The van der Waals surface area contributed by atoms with Crippen LogP contribution in [0.25, 0.3) is 0 Å². The maximum atomic E-state index is 10.3. The van der Waals surface area contributed by atoms with Crippen LogP contribution in [0.15, 0.2) is 12.2 Å². The molecule has 0 aromatic rings. The predicted octanol–water partition coefficient (Wildman–Crippen LogP) is 3.54. The van der Waals surface area contributed by atoms with Crippen LogP contribution in [0, 0.1) is 0 Å². The second-order valence-electron chi connectivity index (χ2n) is 5.35. The minimum atomic E-state index is -1.71. The Hall–Kier alpha value is -0.413. The van der Waals surface area contributed by atoms with E-state index in [2.05, 4.69) is 40.8 Å². The number of hydrogen-bond donors (Lipinski definition) is 0. The second kappa shape index (κ2) is 5.61. The van der Waals surface area contributed by atoms with E-state index in [1.54, 1.807) is 0 Å². The van der Waals surface area contributed by atoms with Crippen LogP contribution in [0.4, 0.5) is 0 Å². The molecule has 0 saturated heterocycles. The third-order valence-corrected chi connectivity index (χ3v) is 7.56. The fraction of sp³-hybridized carbons (Fsp3) is 0.750. The molecule has 0 aliphatic rings. The Kier molecular flexibility index (Phi) is 5.46. The minimum absolute atomic E-state index is 0.0797. The van der Waals surface area contributed by atoms with Crippen molar-refractivity contribution in [1.29, 1.82) is 0 Å². The van der Waals surface area contributed by atoms with Gasteiger partial charge in [0, 0.05) is 0 Å². The number of allylic oxidation sites excluding steroid dienone is 1. The third kappa shape index (κ3) is 4.75. The standard InChI is InChI=1S/C12H24O2Si/c1-7-11(9-8-10-13)14-15(5,6)12(2,3)4/h8-11H,7H2,1-6H3/b9-8+/t11-/m0/s1. The van der Waals surface area contributed by atoms with E-state index in [9.17, 15) is 4.79 Å². The summed E-state index contributed by atoms with van der Waals surface area (Å²) >= 11 is 0. The molecule has 0 spiro atoms. The fourth-order valence-electron chi connectivity index (χ4n) is 0.983. The van der Waals surface area contributed by atoms with Crippen LogP contribution < -0.4 is 0 Å². The first-order chi connectivity index (χ1) is 6.74. The normalized spacial score (nSPS) is 15.6. The first kappa shape index (κ1) is 14.6. The summed E-state index contributed by atoms with van der Waals surface area (Å²) in [6.45, 7) is 13.2. The van der Waals surface area contributed by atoms with Gasteiger partial charge in [-0.1, -0.05) is 33.8 Å². The van der Waals surface area contributed by atoms with E-state index in [0.29, 0.717) is 0 Å². The second-order valence-corrected chi connectivity index (χ2v) is 10.1. The van der Waals surface area contributed by atoms with Gasteiger partial charge in [0.2, 0.25) is 0 Å². The van der Waals surface area contributed by atoms with E-state index in [1.165, 1.54) is 6.08 Å². The summed E-state index contributed by atoms with van der Waals surface area (Å²) in [6, 6.07) is 0. The molecule has 0 N–H and O–H groups in total. The predicted molar refractivity (Wildman–Crippen MR) is 67.6 cm³/mol. The van der Waals surface area contributed by atoms with Gasteiger partial charge in [0.05, 0.1) is 6.10 Å². The average Bonchev–Trinajstić information content (AvgIpc) is 2.10. The quantitative estimate of drug-likeness (QED) is 0.409. The lowest BCUT2D eigenvalue weighted by molar-refractivity contribution is -0.104. The minimum Gasteiger partial charge on any atom is -0.411 e. The summed E-state index contributed by atoms with van der Waals surface area (Å²) in [6.07, 6.45) is 5.18. The molecule has 0 fully saturated rings. The first-order valence-corrected chi connectivity index (χ1v) is 8.45. The van der Waals surface area contributed by atoms with Crippen molar-refractivity contribution < 1.29 is 9.22 Å². The molecule has 3 heteroatoms. The van der Waals surface area contributed by atoms with Crippen LogP contribution in [0.1, 0.15) is 34.1 Å². The highest BCUT2D eigenvalue weighted by Crippen LogP contribution is 2.37. The van der Waals surface area contributed by atoms with Crippen molar-refractivity contribution >= 4 is 14.6 Å². The third-order valence-electron chi connectivity index (χ3n) is 3.06. The smallest absolute Gasteiger partial charge is 0.192 e. The highest BCUT2D eigenvalue weighted by molar-refractivity contribution is 6.74. The molecule has 88 valence electrons. The number of hydrogen-bond acceptors (Lipinski definition) is 2. The molecule has 0 rings (SSSR count). The molecule has 0 aliphatic heterocycles. The van der Waals surface area contributed by atoms with Gasteiger partial charge in [-0.05, 0) is 30.6 Å². The van der Waals surface area contributed by atoms with Gasteiger partial charge < -0.3 is 4.43 Å². The monoisotopic (exact) mass is 228 g/mol. The van der Waals surface area contributed by atoms with Gasteiger partial charge in [0.1, 0.15) is 6.29 Å². The van der Waals surface area contributed by atoms with Gasteiger partial charge in [-0.2, -0.15) is 0 Å². The van der Waals surface area contributed by atoms with Gasteiger partial charge in [0.15, 0.2) is 8.32 Å². The summed E-state index contributed by atoms with van der Waals surface area (Å²) in [5.41, 5.74) is 0. The van der Waals surface area contributed by atoms with Gasteiger partial charge in [-0.25, -0.2) is 0 Å². The Labute approximate surface area is 94.8 Å². The van der Waals surface area contributed by atoms with E-state index in [-0.39, 0.29) is 11.1 Å². The fourth-order valence-corrected chi connectivity index (χ4v) is 2.34. The first-order valence-electron chi connectivity index (χ1n) is 5.54. The van der Waals surface area contributed by atoms with E-state index in [1.807, 2.05) is 6.08 Å². The molecule has 0 heterocycles. The molecule has 0 aromatic carbocycles. The molecule has 15 heavy (non-hydrogen) atoms. The summed E-state index contributed by atoms with van der Waals surface area (Å²) in [7, 11) is -1.71. The maximum absolute atomic E-state index is 10.3. The topological polar surface area (TPSA) is 26.3 Å². The van der Waals surface area contributed by atoms with Crippen LogP contribution >= 0.6 is 0 Å². The molecular formula is C12H24O2Si. The lowest BCUT2D eigenvalue weighted by Gasteiger charge is -2.38. The molecule has 0 unspecified atom stereocenters. The van der Waals surface area contributed by atoms with Crippen LogP contribution in [-0.4, -0.2) is 20.7 Å². The molecule has 0 amide bonds. The SMILES string of the molecule is CC[C@@H](/C=C/C=O)O[Si](C)(C)C(C)(C)C. The van der Waals surface area contributed by atoms with Crippen molar-refractivity contribution in [2.75, 3.05) is 0 Å². The Morgan fingerprint density at radius 3 is 2.20 bits per heavy atom. The lowest BCUT2D eigenvalue weighted by atomic mass is 10.2.